The maximum absolute atomic E-state index is 13.3. The third kappa shape index (κ3) is 3.05. The van der Waals surface area contributed by atoms with E-state index in [-0.39, 0.29) is 0 Å². The van der Waals surface area contributed by atoms with E-state index in [1.54, 1.807) is 24.4 Å². The van der Waals surface area contributed by atoms with Gasteiger partial charge in [-0.15, -0.1) is 11.3 Å². The lowest BCUT2D eigenvalue weighted by molar-refractivity contribution is 0.905. The number of rotatable bonds is 2. The highest BCUT2D eigenvalue weighted by Crippen LogP contribution is 2.36. The Morgan fingerprint density at radius 2 is 1.97 bits per heavy atom. The summed E-state index contributed by atoms with van der Waals surface area (Å²) in [4.78, 5) is 33.9. The Hall–Kier alpha value is -3.73. The number of H-pyrrole nitrogens is 1. The van der Waals surface area contributed by atoms with Gasteiger partial charge in [-0.05, 0) is 30.7 Å². The van der Waals surface area contributed by atoms with E-state index in [9.17, 15) is 14.9 Å². The molecule has 0 bridgehead atoms. The molecule has 0 unspecified atom stereocenters. The van der Waals surface area contributed by atoms with Crippen molar-refractivity contribution in [2.45, 2.75) is 6.92 Å². The van der Waals surface area contributed by atoms with Gasteiger partial charge in [-0.25, -0.2) is 9.36 Å². The molecular formula is C23H13ClN4O2S. The predicted octanol–water partition coefficient (Wildman–Crippen LogP) is 4.79. The molecule has 150 valence electrons. The third-order valence-electron chi connectivity index (χ3n) is 5.16. The Morgan fingerprint density at radius 3 is 2.77 bits per heavy atom. The summed E-state index contributed by atoms with van der Waals surface area (Å²) >= 11 is 7.64. The number of halogens is 1. The van der Waals surface area contributed by atoms with Crippen molar-refractivity contribution in [2.24, 2.45) is 0 Å². The number of aromatic nitrogens is 3. The molecule has 6 nitrogen and oxygen atoms in total. The average Bonchev–Trinajstić information content (AvgIpc) is 3.18. The van der Waals surface area contributed by atoms with E-state index in [2.05, 4.69) is 16.0 Å². The van der Waals surface area contributed by atoms with Crippen LogP contribution in [-0.4, -0.2) is 14.5 Å². The van der Waals surface area contributed by atoms with Crippen molar-refractivity contribution in [3.8, 4) is 22.2 Å². The largest absolute Gasteiger partial charge is 0.333 e. The first-order valence-electron chi connectivity index (χ1n) is 9.30. The number of hydrogen-bond acceptors (Lipinski definition) is 5. The van der Waals surface area contributed by atoms with Crippen molar-refractivity contribution in [3.63, 3.8) is 0 Å². The number of aromatic amines is 1. The second kappa shape index (κ2) is 7.20. The van der Waals surface area contributed by atoms with Crippen molar-refractivity contribution in [1.82, 2.24) is 14.5 Å². The predicted molar refractivity (Wildman–Crippen MR) is 123 cm³/mol. The Kier molecular flexibility index (Phi) is 4.47. The first kappa shape index (κ1) is 19.2. The maximum atomic E-state index is 13.3. The summed E-state index contributed by atoms with van der Waals surface area (Å²) in [5.41, 5.74) is 1.78. The number of nitrogens with one attached hydrogen (secondary N) is 1. The Bertz CT molecular complexity index is 1670. The molecular weight excluding hydrogens is 432 g/mol. The zero-order valence-corrected chi connectivity index (χ0v) is 17.7. The van der Waals surface area contributed by atoms with E-state index in [1.165, 1.54) is 17.5 Å². The van der Waals surface area contributed by atoms with Crippen molar-refractivity contribution in [1.29, 1.82) is 5.26 Å². The zero-order valence-electron chi connectivity index (χ0n) is 16.1. The van der Waals surface area contributed by atoms with Gasteiger partial charge in [0, 0.05) is 32.4 Å². The van der Waals surface area contributed by atoms with Gasteiger partial charge < -0.3 is 4.98 Å². The Morgan fingerprint density at radius 1 is 1.16 bits per heavy atom. The molecule has 5 rings (SSSR count). The molecule has 8 heteroatoms. The first-order chi connectivity index (χ1) is 15.0. The molecule has 3 heterocycles. The number of pyridine rings is 1. The molecule has 0 aliphatic carbocycles. The van der Waals surface area contributed by atoms with Gasteiger partial charge in [-0.2, -0.15) is 5.26 Å². The highest BCUT2D eigenvalue weighted by Gasteiger charge is 2.17. The van der Waals surface area contributed by atoms with Gasteiger partial charge in [0.25, 0.3) is 5.56 Å². The molecule has 0 fully saturated rings. The SMILES string of the molecule is Cc1cc(Cl)c(-c2cc3[nH]c(=O)n(-c4cncc5ccccc45)c(=O)c3s2)cc1C#N. The van der Waals surface area contributed by atoms with Crippen molar-refractivity contribution in [3.05, 3.63) is 91.8 Å². The fourth-order valence-corrected chi connectivity index (χ4v) is 5.07. The summed E-state index contributed by atoms with van der Waals surface area (Å²) in [5, 5.41) is 11.4. The van der Waals surface area contributed by atoms with E-state index in [1.807, 2.05) is 31.2 Å². The molecule has 0 aliphatic rings. The van der Waals surface area contributed by atoms with Gasteiger partial charge in [-0.3, -0.25) is 9.78 Å². The monoisotopic (exact) mass is 444 g/mol. The minimum Gasteiger partial charge on any atom is -0.306 e. The number of benzene rings is 2. The summed E-state index contributed by atoms with van der Waals surface area (Å²) in [6.45, 7) is 1.81. The third-order valence-corrected chi connectivity index (χ3v) is 6.63. The van der Waals surface area contributed by atoms with Crippen LogP contribution < -0.4 is 11.2 Å². The van der Waals surface area contributed by atoms with Gasteiger partial charge in [0.1, 0.15) is 4.70 Å². The molecule has 3 aromatic heterocycles. The maximum Gasteiger partial charge on any atom is 0.333 e. The topological polar surface area (TPSA) is 91.5 Å². The number of fused-ring (bicyclic) bond motifs is 2. The summed E-state index contributed by atoms with van der Waals surface area (Å²) in [7, 11) is 0. The fraction of sp³-hybridized carbons (Fsp3) is 0.0435. The van der Waals surface area contributed by atoms with Crippen LogP contribution in [-0.2, 0) is 0 Å². The molecule has 2 aromatic carbocycles. The Balaban J connectivity index is 1.78. The summed E-state index contributed by atoms with van der Waals surface area (Å²) in [6.07, 6.45) is 3.20. The van der Waals surface area contributed by atoms with E-state index in [0.29, 0.717) is 36.9 Å². The van der Waals surface area contributed by atoms with Gasteiger partial charge in [0.05, 0.1) is 29.0 Å². The van der Waals surface area contributed by atoms with Gasteiger partial charge >= 0.3 is 5.69 Å². The van der Waals surface area contributed by atoms with Crippen LogP contribution in [0.1, 0.15) is 11.1 Å². The molecule has 0 spiro atoms. The molecule has 31 heavy (non-hydrogen) atoms. The van der Waals surface area contributed by atoms with Crippen molar-refractivity contribution >= 4 is 43.9 Å². The fourth-order valence-electron chi connectivity index (χ4n) is 3.62. The van der Waals surface area contributed by atoms with Crippen molar-refractivity contribution in [2.75, 3.05) is 0 Å². The molecule has 0 amide bonds. The Labute approximate surface area is 184 Å². The molecule has 0 radical (unpaired) electrons. The lowest BCUT2D eigenvalue weighted by Gasteiger charge is -2.07. The van der Waals surface area contributed by atoms with Crippen LogP contribution in [0.5, 0.6) is 0 Å². The number of thiophene rings is 1. The zero-order chi connectivity index (χ0) is 21.7. The van der Waals surface area contributed by atoms with E-state index in [4.69, 9.17) is 11.6 Å². The minimum absolute atomic E-state index is 0.387. The molecule has 0 saturated heterocycles. The molecule has 5 aromatic rings. The van der Waals surface area contributed by atoms with E-state index in [0.717, 1.165) is 20.9 Å². The highest BCUT2D eigenvalue weighted by molar-refractivity contribution is 7.22. The lowest BCUT2D eigenvalue weighted by Crippen LogP contribution is -2.33. The molecule has 0 saturated carbocycles. The van der Waals surface area contributed by atoms with Crippen molar-refractivity contribution < 1.29 is 0 Å². The van der Waals surface area contributed by atoms with Crippen LogP contribution in [0.4, 0.5) is 0 Å². The number of hydrogen-bond donors (Lipinski definition) is 1. The van der Waals surface area contributed by atoms with Crippen LogP contribution in [0.3, 0.4) is 0 Å². The summed E-state index contributed by atoms with van der Waals surface area (Å²) < 4.78 is 1.49. The van der Waals surface area contributed by atoms with Crippen LogP contribution in [0.25, 0.3) is 37.1 Å². The molecule has 0 aliphatic heterocycles. The van der Waals surface area contributed by atoms with E-state index < -0.39 is 11.2 Å². The first-order valence-corrected chi connectivity index (χ1v) is 10.5. The lowest BCUT2D eigenvalue weighted by atomic mass is 10.0. The second-order valence-electron chi connectivity index (χ2n) is 7.06. The smallest absolute Gasteiger partial charge is 0.306 e. The number of nitrogens with zero attached hydrogens (tertiary/aromatic N) is 3. The summed E-state index contributed by atoms with van der Waals surface area (Å²) in [5.74, 6) is 0. The normalized spacial score (nSPS) is 11.1. The van der Waals surface area contributed by atoms with Crippen LogP contribution >= 0.6 is 22.9 Å². The quantitative estimate of drug-likeness (QED) is 0.423. The number of aryl methyl sites for hydroxylation is 1. The van der Waals surface area contributed by atoms with E-state index >= 15 is 0 Å². The molecule has 0 atom stereocenters. The standard InChI is InChI=1S/C23H13ClN4O2S/c1-12-6-17(24)16(7-14(12)9-25)20-8-18-21(31-20)22(29)28(23(30)27-18)19-11-26-10-13-4-2-3-5-15(13)19/h2-8,10-11H,1H3,(H,27,30). The average molecular weight is 445 g/mol. The minimum atomic E-state index is -0.548. The van der Waals surface area contributed by atoms with Crippen LogP contribution in [0, 0.1) is 18.3 Å². The van der Waals surface area contributed by atoms with Gasteiger partial charge in [0.2, 0.25) is 0 Å². The van der Waals surface area contributed by atoms with Crippen LogP contribution in [0.2, 0.25) is 5.02 Å². The highest BCUT2D eigenvalue weighted by atomic mass is 35.5. The van der Waals surface area contributed by atoms with Crippen LogP contribution in [0.15, 0.2) is 64.4 Å². The molecule has 1 N–H and O–H groups in total. The number of nitriles is 1. The van der Waals surface area contributed by atoms with Gasteiger partial charge in [-0.1, -0.05) is 35.9 Å². The summed E-state index contributed by atoms with van der Waals surface area (Å²) in [6, 6.07) is 14.7. The second-order valence-corrected chi connectivity index (χ2v) is 8.52. The van der Waals surface area contributed by atoms with Gasteiger partial charge in [0.15, 0.2) is 0 Å².